The minimum Gasteiger partial charge on any atom is -0.345 e. The Bertz CT molecular complexity index is 1160. The first kappa shape index (κ1) is 24.2. The van der Waals surface area contributed by atoms with Gasteiger partial charge in [0.2, 0.25) is 5.91 Å². The molecule has 1 aliphatic carbocycles. The van der Waals surface area contributed by atoms with E-state index in [9.17, 15) is 14.4 Å². The number of aromatic nitrogens is 2. The van der Waals surface area contributed by atoms with Crippen LogP contribution in [-0.4, -0.2) is 44.4 Å². The van der Waals surface area contributed by atoms with Crippen molar-refractivity contribution in [1.29, 1.82) is 0 Å². The molecule has 182 valence electrons. The highest BCUT2D eigenvalue weighted by Crippen LogP contribution is 2.46. The molecule has 4 rings (SSSR count). The van der Waals surface area contributed by atoms with Crippen LogP contribution in [-0.2, 0) is 16.1 Å². The van der Waals surface area contributed by atoms with Gasteiger partial charge in [-0.2, -0.15) is 0 Å². The van der Waals surface area contributed by atoms with Gasteiger partial charge in [0.15, 0.2) is 5.13 Å². The number of carbonyl (C=O) groups is 3. The van der Waals surface area contributed by atoms with Gasteiger partial charge in [-0.3, -0.25) is 14.5 Å². The van der Waals surface area contributed by atoms with Gasteiger partial charge in [0.25, 0.3) is 5.91 Å². The highest BCUT2D eigenvalue weighted by Gasteiger charge is 2.56. The highest BCUT2D eigenvalue weighted by molar-refractivity contribution is 7.14. The molecule has 2 fully saturated rings. The summed E-state index contributed by atoms with van der Waals surface area (Å²) in [6.07, 6.45) is 4.03. The number of urea groups is 1. The molecule has 3 heterocycles. The molecule has 2 atom stereocenters. The Morgan fingerprint density at radius 1 is 1.35 bits per heavy atom. The second-order valence-corrected chi connectivity index (χ2v) is 11.4. The van der Waals surface area contributed by atoms with Crippen molar-refractivity contribution >= 4 is 34.3 Å². The number of carbonyl (C=O) groups excluding carboxylic acids is 3. The number of hydrogen-bond acceptors (Lipinski definition) is 5. The lowest BCUT2D eigenvalue weighted by atomic mass is 9.64. The van der Waals surface area contributed by atoms with Gasteiger partial charge in [0.05, 0.1) is 5.69 Å². The fourth-order valence-electron chi connectivity index (χ4n) is 5.88. The molecule has 0 radical (unpaired) electrons. The van der Waals surface area contributed by atoms with Crippen LogP contribution in [0.5, 0.6) is 0 Å². The molecular weight excluding hydrogens is 450 g/mol. The Morgan fingerprint density at radius 3 is 2.76 bits per heavy atom. The molecule has 0 aromatic carbocycles. The van der Waals surface area contributed by atoms with E-state index in [2.05, 4.69) is 53.6 Å². The SMILES string of the molecule is C=CCn1c(C)cc(-c2csc(NC(=O)CN3C(=O)NC4(CC(C)CC(C)(C)C4)C3=O)n2)c1C. The standard InChI is InChI=1S/C25H33N5O3S/c1-7-8-29-16(3)9-18(17(29)4)19-13-34-22(26-19)27-20(31)12-30-21(32)25(28-23(30)33)11-15(2)10-24(5,6)14-25/h7,9,13,15H,1,8,10-12,14H2,2-6H3,(H,28,33)(H,26,27,31). The Labute approximate surface area is 204 Å². The quantitative estimate of drug-likeness (QED) is 0.467. The lowest BCUT2D eigenvalue weighted by Gasteiger charge is -2.43. The number of thiazole rings is 1. The van der Waals surface area contributed by atoms with E-state index in [0.717, 1.165) is 40.5 Å². The van der Waals surface area contributed by atoms with Crippen molar-refractivity contribution < 1.29 is 14.4 Å². The smallest absolute Gasteiger partial charge is 0.325 e. The molecule has 8 nitrogen and oxygen atoms in total. The van der Waals surface area contributed by atoms with Crippen LogP contribution >= 0.6 is 11.3 Å². The van der Waals surface area contributed by atoms with Crippen molar-refractivity contribution in [2.45, 2.75) is 66.0 Å². The predicted molar refractivity (Wildman–Crippen MR) is 134 cm³/mol. The summed E-state index contributed by atoms with van der Waals surface area (Å²) in [5, 5.41) is 7.99. The highest BCUT2D eigenvalue weighted by atomic mass is 32.1. The molecule has 1 aliphatic heterocycles. The fraction of sp³-hybridized carbons (Fsp3) is 0.520. The van der Waals surface area contributed by atoms with E-state index >= 15 is 0 Å². The van der Waals surface area contributed by atoms with Gasteiger partial charge in [-0.05, 0) is 50.5 Å². The summed E-state index contributed by atoms with van der Waals surface area (Å²) >= 11 is 1.31. The van der Waals surface area contributed by atoms with E-state index in [1.807, 2.05) is 25.3 Å². The van der Waals surface area contributed by atoms with Gasteiger partial charge in [-0.15, -0.1) is 17.9 Å². The topological polar surface area (TPSA) is 96.3 Å². The van der Waals surface area contributed by atoms with Crippen molar-refractivity contribution in [3.63, 3.8) is 0 Å². The third-order valence-corrected chi connectivity index (χ3v) is 7.60. The zero-order valence-corrected chi connectivity index (χ0v) is 21.3. The summed E-state index contributed by atoms with van der Waals surface area (Å²) in [4.78, 5) is 44.3. The Morgan fingerprint density at radius 2 is 2.09 bits per heavy atom. The third-order valence-electron chi connectivity index (χ3n) is 6.84. The van der Waals surface area contributed by atoms with E-state index in [0.29, 0.717) is 23.9 Å². The molecule has 2 aliphatic rings. The van der Waals surface area contributed by atoms with E-state index in [4.69, 9.17) is 0 Å². The second kappa shape index (κ2) is 8.69. The van der Waals surface area contributed by atoms with Gasteiger partial charge >= 0.3 is 6.03 Å². The lowest BCUT2D eigenvalue weighted by molar-refractivity contribution is -0.136. The predicted octanol–water partition coefficient (Wildman–Crippen LogP) is 4.49. The number of aryl methyl sites for hydroxylation is 1. The average molecular weight is 484 g/mol. The molecule has 1 spiro atoms. The monoisotopic (exact) mass is 483 g/mol. The molecular formula is C25H33N5O3S. The summed E-state index contributed by atoms with van der Waals surface area (Å²) in [6, 6.07) is 1.57. The Balaban J connectivity index is 1.45. The minimum absolute atomic E-state index is 0.0583. The Kier molecular flexibility index (Phi) is 6.18. The van der Waals surface area contributed by atoms with Crippen molar-refractivity contribution in [2.75, 3.05) is 11.9 Å². The minimum atomic E-state index is -0.916. The summed E-state index contributed by atoms with van der Waals surface area (Å²) in [5.74, 6) is -0.438. The molecule has 4 amide bonds. The van der Waals surface area contributed by atoms with Gasteiger partial charge in [0.1, 0.15) is 12.1 Å². The van der Waals surface area contributed by atoms with Crippen LogP contribution in [0.1, 0.15) is 51.4 Å². The lowest BCUT2D eigenvalue weighted by Crippen LogP contribution is -2.54. The zero-order valence-electron chi connectivity index (χ0n) is 20.5. The van der Waals surface area contributed by atoms with Crippen LogP contribution < -0.4 is 10.6 Å². The molecule has 1 saturated heterocycles. The van der Waals surface area contributed by atoms with Crippen LogP contribution in [0.4, 0.5) is 9.93 Å². The number of amides is 4. The number of nitrogens with one attached hydrogen (secondary N) is 2. The summed E-state index contributed by atoms with van der Waals surface area (Å²) in [5.41, 5.74) is 2.99. The molecule has 2 N–H and O–H groups in total. The van der Waals surface area contributed by atoms with Crippen molar-refractivity contribution in [3.05, 3.63) is 35.5 Å². The molecule has 34 heavy (non-hydrogen) atoms. The van der Waals surface area contributed by atoms with Gasteiger partial charge < -0.3 is 15.2 Å². The number of anilines is 1. The molecule has 1 saturated carbocycles. The van der Waals surface area contributed by atoms with E-state index in [1.54, 1.807) is 0 Å². The molecule has 9 heteroatoms. The van der Waals surface area contributed by atoms with Gasteiger partial charge in [0, 0.05) is 28.9 Å². The normalized spacial score (nSPS) is 23.9. The first-order chi connectivity index (χ1) is 15.9. The number of imide groups is 1. The zero-order chi connectivity index (χ0) is 24.8. The van der Waals surface area contributed by atoms with Gasteiger partial charge in [-0.25, -0.2) is 9.78 Å². The van der Waals surface area contributed by atoms with Crippen LogP contribution in [0.25, 0.3) is 11.3 Å². The van der Waals surface area contributed by atoms with Gasteiger partial charge in [-0.1, -0.05) is 26.8 Å². The Hall–Kier alpha value is -2.94. The summed E-state index contributed by atoms with van der Waals surface area (Å²) in [7, 11) is 0. The fourth-order valence-corrected chi connectivity index (χ4v) is 6.60. The number of hydrogen-bond donors (Lipinski definition) is 2. The van der Waals surface area contributed by atoms with Crippen LogP contribution in [0.2, 0.25) is 0 Å². The summed E-state index contributed by atoms with van der Waals surface area (Å²) in [6.45, 7) is 14.6. The van der Waals surface area contributed by atoms with E-state index in [1.165, 1.54) is 11.3 Å². The largest absolute Gasteiger partial charge is 0.345 e. The molecule has 2 aromatic heterocycles. The van der Waals surface area contributed by atoms with Crippen molar-refractivity contribution in [2.24, 2.45) is 11.3 Å². The van der Waals surface area contributed by atoms with Crippen LogP contribution in [0.15, 0.2) is 24.1 Å². The van der Waals surface area contributed by atoms with Crippen LogP contribution in [0.3, 0.4) is 0 Å². The van der Waals surface area contributed by atoms with Crippen molar-refractivity contribution in [3.8, 4) is 11.3 Å². The van der Waals surface area contributed by atoms with Crippen LogP contribution in [0, 0.1) is 25.2 Å². The number of allylic oxidation sites excluding steroid dienone is 1. The van der Waals surface area contributed by atoms with E-state index < -0.39 is 17.5 Å². The number of rotatable bonds is 6. The average Bonchev–Trinajstić information content (AvgIpc) is 3.34. The summed E-state index contributed by atoms with van der Waals surface area (Å²) < 4.78 is 2.15. The number of nitrogens with zero attached hydrogens (tertiary/aromatic N) is 3. The third kappa shape index (κ3) is 4.41. The molecule has 2 unspecified atom stereocenters. The maximum absolute atomic E-state index is 13.3. The molecule has 2 aromatic rings. The van der Waals surface area contributed by atoms with E-state index in [-0.39, 0.29) is 17.9 Å². The molecule has 0 bridgehead atoms. The first-order valence-electron chi connectivity index (χ1n) is 11.6. The maximum atomic E-state index is 13.3. The first-order valence-corrected chi connectivity index (χ1v) is 12.5. The second-order valence-electron chi connectivity index (χ2n) is 10.5. The maximum Gasteiger partial charge on any atom is 0.325 e. The van der Waals surface area contributed by atoms with Crippen molar-refractivity contribution in [1.82, 2.24) is 19.8 Å².